The first-order chi connectivity index (χ1) is 17.6. The molecule has 0 unspecified atom stereocenters. The number of benzene rings is 1. The van der Waals surface area contributed by atoms with Crippen LogP contribution in [0.1, 0.15) is 44.9 Å². The number of hydrogen-bond donors (Lipinski definition) is 3. The topological polar surface area (TPSA) is 145 Å². The van der Waals surface area contributed by atoms with Crippen molar-refractivity contribution < 1.29 is 39.2 Å². The molecular weight excluding hydrogens is 500 g/mol. The molecular formula is C26H32N2O8S. The zero-order valence-corrected chi connectivity index (χ0v) is 21.6. The Kier molecular flexibility index (Phi) is 9.79. The molecule has 3 heterocycles. The van der Waals surface area contributed by atoms with Gasteiger partial charge in [-0.05, 0) is 80.6 Å². The van der Waals surface area contributed by atoms with Crippen LogP contribution in [0.25, 0.3) is 0 Å². The summed E-state index contributed by atoms with van der Waals surface area (Å²) in [5.74, 6) is -2.66. The van der Waals surface area contributed by atoms with Gasteiger partial charge in [0.05, 0.1) is 24.1 Å². The Morgan fingerprint density at radius 2 is 1.57 bits per heavy atom. The number of rotatable bonds is 5. The summed E-state index contributed by atoms with van der Waals surface area (Å²) in [5.41, 5.74) is 1.73. The highest BCUT2D eigenvalue weighted by molar-refractivity contribution is 7.12. The SMILES string of the molecule is COc1ccc(C(=O)C2CCN([C@@H]3CN(C(=O)c4sccc4C)CC[C@H]3O)CC2)cc1.O=C(O)C(=O)O. The van der Waals surface area contributed by atoms with Gasteiger partial charge in [0.15, 0.2) is 5.78 Å². The number of carbonyl (C=O) groups is 4. The Balaban J connectivity index is 0.000000568. The lowest BCUT2D eigenvalue weighted by Gasteiger charge is -2.44. The van der Waals surface area contributed by atoms with E-state index in [0.717, 1.165) is 47.7 Å². The van der Waals surface area contributed by atoms with E-state index in [1.54, 1.807) is 7.11 Å². The number of piperidine rings is 2. The molecule has 2 aromatic rings. The number of carboxylic acids is 2. The molecule has 2 aliphatic rings. The number of carbonyl (C=O) groups excluding carboxylic acids is 2. The minimum Gasteiger partial charge on any atom is -0.497 e. The Labute approximate surface area is 219 Å². The maximum absolute atomic E-state index is 12.9. The van der Waals surface area contributed by atoms with Crippen molar-refractivity contribution >= 4 is 35.0 Å². The number of ether oxygens (including phenoxy) is 1. The molecule has 3 N–H and O–H groups in total. The molecule has 2 atom stereocenters. The fourth-order valence-electron chi connectivity index (χ4n) is 4.68. The Bertz CT molecular complexity index is 1100. The predicted molar refractivity (Wildman–Crippen MR) is 136 cm³/mol. The summed E-state index contributed by atoms with van der Waals surface area (Å²) in [6.45, 7) is 4.60. The molecule has 10 nitrogen and oxygen atoms in total. The van der Waals surface area contributed by atoms with Crippen molar-refractivity contribution in [1.82, 2.24) is 9.80 Å². The zero-order valence-electron chi connectivity index (χ0n) is 20.8. The third kappa shape index (κ3) is 7.15. The molecule has 4 rings (SSSR count). The van der Waals surface area contributed by atoms with Crippen LogP contribution in [0, 0.1) is 12.8 Å². The van der Waals surface area contributed by atoms with Gasteiger partial charge in [-0.1, -0.05) is 0 Å². The van der Waals surface area contributed by atoms with Crippen LogP contribution in [-0.4, -0.2) is 94.2 Å². The standard InChI is InChI=1S/C24H30N2O4S.C2H2O4/c1-16-10-14-31-23(16)24(29)26-13-9-21(27)20(15-26)25-11-7-18(8-12-25)22(28)17-3-5-19(30-2)6-4-17;3-1(4)2(5)6/h3-6,10,14,18,20-21,27H,7-9,11-13,15H2,1-2H3;(H,3,4)(H,5,6)/t20-,21-;/m1./s1. The second-order valence-electron chi connectivity index (χ2n) is 9.12. The van der Waals surface area contributed by atoms with E-state index in [1.807, 2.05) is 47.5 Å². The molecule has 200 valence electrons. The fourth-order valence-corrected chi connectivity index (χ4v) is 5.57. The molecule has 1 aromatic heterocycles. The number of thiophene rings is 1. The molecule has 2 saturated heterocycles. The largest absolute Gasteiger partial charge is 0.497 e. The van der Waals surface area contributed by atoms with Crippen molar-refractivity contribution in [3.8, 4) is 5.75 Å². The molecule has 0 saturated carbocycles. The molecule has 0 bridgehead atoms. The van der Waals surface area contributed by atoms with E-state index < -0.39 is 18.0 Å². The maximum Gasteiger partial charge on any atom is 0.414 e. The second kappa shape index (κ2) is 12.8. The normalized spacial score (nSPS) is 20.5. The van der Waals surface area contributed by atoms with Crippen LogP contribution in [0.3, 0.4) is 0 Å². The predicted octanol–water partition coefficient (Wildman–Crippen LogP) is 2.39. The summed E-state index contributed by atoms with van der Waals surface area (Å²) < 4.78 is 5.17. The number of aliphatic hydroxyl groups excluding tert-OH is 1. The highest BCUT2D eigenvalue weighted by Crippen LogP contribution is 2.28. The van der Waals surface area contributed by atoms with Crippen molar-refractivity contribution in [2.75, 3.05) is 33.3 Å². The Morgan fingerprint density at radius 1 is 0.946 bits per heavy atom. The third-order valence-electron chi connectivity index (χ3n) is 6.82. The average molecular weight is 533 g/mol. The number of aliphatic hydroxyl groups is 1. The smallest absolute Gasteiger partial charge is 0.414 e. The van der Waals surface area contributed by atoms with Crippen LogP contribution in [0.2, 0.25) is 0 Å². The number of nitrogens with zero attached hydrogens (tertiary/aromatic N) is 2. The quantitative estimate of drug-likeness (QED) is 0.390. The van der Waals surface area contributed by atoms with Gasteiger partial charge < -0.3 is 25.0 Å². The number of likely N-dealkylation sites (tertiary alicyclic amines) is 2. The highest BCUT2D eigenvalue weighted by Gasteiger charge is 2.37. The average Bonchev–Trinajstić information content (AvgIpc) is 3.34. The van der Waals surface area contributed by atoms with E-state index in [1.165, 1.54) is 11.3 Å². The number of ketones is 1. The summed E-state index contributed by atoms with van der Waals surface area (Å²) >= 11 is 1.48. The Hall–Kier alpha value is -3.28. The number of Topliss-reactive ketones (excluding diaryl/α,β-unsaturated/α-hetero) is 1. The number of amides is 1. The van der Waals surface area contributed by atoms with Gasteiger partial charge in [-0.15, -0.1) is 11.3 Å². The molecule has 2 fully saturated rings. The molecule has 1 amide bonds. The molecule has 37 heavy (non-hydrogen) atoms. The van der Waals surface area contributed by atoms with Crippen molar-refractivity contribution in [2.24, 2.45) is 5.92 Å². The van der Waals surface area contributed by atoms with Crippen molar-refractivity contribution in [3.05, 3.63) is 51.7 Å². The lowest BCUT2D eigenvalue weighted by atomic mass is 9.87. The van der Waals surface area contributed by atoms with Crippen LogP contribution in [-0.2, 0) is 9.59 Å². The first-order valence-corrected chi connectivity index (χ1v) is 12.9. The molecule has 0 aliphatic carbocycles. The summed E-state index contributed by atoms with van der Waals surface area (Å²) in [7, 11) is 1.61. The van der Waals surface area contributed by atoms with Gasteiger partial charge in [0, 0.05) is 24.6 Å². The van der Waals surface area contributed by atoms with Crippen LogP contribution in [0.5, 0.6) is 5.75 Å². The van der Waals surface area contributed by atoms with E-state index in [9.17, 15) is 14.7 Å². The summed E-state index contributed by atoms with van der Waals surface area (Å²) in [4.78, 5) is 49.0. The highest BCUT2D eigenvalue weighted by atomic mass is 32.1. The fraction of sp³-hybridized carbons (Fsp3) is 0.462. The number of aryl methyl sites for hydroxylation is 1. The lowest BCUT2D eigenvalue weighted by molar-refractivity contribution is -0.159. The van der Waals surface area contributed by atoms with E-state index in [4.69, 9.17) is 24.5 Å². The van der Waals surface area contributed by atoms with Crippen molar-refractivity contribution in [1.29, 1.82) is 0 Å². The van der Waals surface area contributed by atoms with E-state index in [-0.39, 0.29) is 23.7 Å². The van der Waals surface area contributed by atoms with Gasteiger partial charge in [-0.2, -0.15) is 0 Å². The molecule has 11 heteroatoms. The van der Waals surface area contributed by atoms with Crippen molar-refractivity contribution in [2.45, 2.75) is 38.3 Å². The first-order valence-electron chi connectivity index (χ1n) is 12.0. The summed E-state index contributed by atoms with van der Waals surface area (Å²) in [5, 5.41) is 27.4. The number of methoxy groups -OCH3 is 1. The molecule has 2 aliphatic heterocycles. The molecule has 0 spiro atoms. The Morgan fingerprint density at radius 3 is 2.08 bits per heavy atom. The van der Waals surface area contributed by atoms with Gasteiger partial charge in [0.25, 0.3) is 5.91 Å². The summed E-state index contributed by atoms with van der Waals surface area (Å²) in [6, 6.07) is 9.19. The number of carboxylic acid groups (broad SMARTS) is 2. The lowest BCUT2D eigenvalue weighted by Crippen LogP contribution is -2.58. The number of hydrogen-bond acceptors (Lipinski definition) is 8. The van der Waals surface area contributed by atoms with Gasteiger partial charge in [0.1, 0.15) is 5.75 Å². The second-order valence-corrected chi connectivity index (χ2v) is 10.0. The maximum atomic E-state index is 12.9. The van der Waals surface area contributed by atoms with Gasteiger partial charge in [-0.3, -0.25) is 14.5 Å². The zero-order chi connectivity index (χ0) is 27.1. The monoisotopic (exact) mass is 532 g/mol. The van der Waals surface area contributed by atoms with E-state index in [2.05, 4.69) is 4.90 Å². The summed E-state index contributed by atoms with van der Waals surface area (Å²) in [6.07, 6.45) is 1.69. The third-order valence-corrected chi connectivity index (χ3v) is 7.82. The van der Waals surface area contributed by atoms with Gasteiger partial charge >= 0.3 is 11.9 Å². The van der Waals surface area contributed by atoms with E-state index >= 15 is 0 Å². The minimum atomic E-state index is -1.82. The molecule has 1 aromatic carbocycles. The van der Waals surface area contributed by atoms with Crippen molar-refractivity contribution in [3.63, 3.8) is 0 Å². The van der Waals surface area contributed by atoms with Crippen LogP contribution >= 0.6 is 11.3 Å². The van der Waals surface area contributed by atoms with Crippen LogP contribution in [0.15, 0.2) is 35.7 Å². The van der Waals surface area contributed by atoms with Crippen LogP contribution < -0.4 is 4.74 Å². The van der Waals surface area contributed by atoms with Crippen LogP contribution in [0.4, 0.5) is 0 Å². The van der Waals surface area contributed by atoms with E-state index in [0.29, 0.717) is 19.5 Å². The van der Waals surface area contributed by atoms with Gasteiger partial charge in [-0.25, -0.2) is 9.59 Å². The van der Waals surface area contributed by atoms with Gasteiger partial charge in [0.2, 0.25) is 0 Å². The molecule has 0 radical (unpaired) electrons. The first kappa shape index (κ1) is 28.3. The minimum absolute atomic E-state index is 0.00289. The number of aliphatic carboxylic acids is 2.